The minimum Gasteiger partial charge on any atom is -0.497 e. The first-order chi connectivity index (χ1) is 12.6. The second-order valence-corrected chi connectivity index (χ2v) is 6.36. The van der Waals surface area contributed by atoms with Crippen molar-refractivity contribution in [3.63, 3.8) is 0 Å². The van der Waals surface area contributed by atoms with Crippen LogP contribution in [0.2, 0.25) is 0 Å². The molecule has 134 valence electrons. The summed E-state index contributed by atoms with van der Waals surface area (Å²) in [5, 5.41) is 4.23. The number of ether oxygens (including phenoxy) is 1. The van der Waals surface area contributed by atoms with Gasteiger partial charge in [0.1, 0.15) is 23.1 Å². The lowest BCUT2D eigenvalue weighted by Crippen LogP contribution is -2.16. The number of methoxy groups -OCH3 is 1. The fraction of sp³-hybridized carbons (Fsp3) is 0.190. The van der Waals surface area contributed by atoms with E-state index in [9.17, 15) is 0 Å². The lowest BCUT2D eigenvalue weighted by molar-refractivity contribution is 0.307. The molecule has 1 N–H and O–H groups in total. The van der Waals surface area contributed by atoms with Crippen LogP contribution in [-0.4, -0.2) is 22.7 Å². The lowest BCUT2D eigenvalue weighted by atomic mass is 10.1. The predicted octanol–water partition coefficient (Wildman–Crippen LogP) is 5.19. The average Bonchev–Trinajstić information content (AvgIpc) is 2.83. The zero-order chi connectivity index (χ0) is 18.5. The summed E-state index contributed by atoms with van der Waals surface area (Å²) in [7, 11) is 1.67. The molecule has 3 rings (SSSR count). The summed E-state index contributed by atoms with van der Waals surface area (Å²) in [5.41, 5.74) is 1.88. The topological polar surface area (TPSA) is 39.1 Å². The van der Waals surface area contributed by atoms with Gasteiger partial charge in [-0.3, -0.25) is 4.57 Å². The summed E-state index contributed by atoms with van der Waals surface area (Å²) in [6.07, 6.45) is 20.5. The minimum absolute atomic E-state index is 0.00794. The van der Waals surface area contributed by atoms with Gasteiger partial charge in [-0.1, -0.05) is 48.6 Å². The van der Waals surface area contributed by atoms with E-state index in [4.69, 9.17) is 21.3 Å². The molecule has 1 unspecified atom stereocenters. The maximum absolute atomic E-state index is 6.08. The Kier molecular flexibility index (Phi) is 5.64. The summed E-state index contributed by atoms with van der Waals surface area (Å²) in [6.45, 7) is 5.89. The number of nitrogens with one attached hydrogen (secondary N) is 1. The van der Waals surface area contributed by atoms with Gasteiger partial charge in [0, 0.05) is 16.8 Å². The van der Waals surface area contributed by atoms with Gasteiger partial charge in [0.25, 0.3) is 0 Å². The Morgan fingerprint density at radius 3 is 3.00 bits per heavy atom. The molecule has 0 radical (unpaired) electrons. The molecule has 1 aromatic rings. The Bertz CT molecular complexity index is 881. The average molecular weight is 368 g/mol. The van der Waals surface area contributed by atoms with Crippen LogP contribution in [0.15, 0.2) is 72.1 Å². The van der Waals surface area contributed by atoms with Gasteiger partial charge in [-0.15, -0.1) is 0 Å². The lowest BCUT2D eigenvalue weighted by Gasteiger charge is -2.15. The second-order valence-electron chi connectivity index (χ2n) is 5.92. The van der Waals surface area contributed by atoms with Gasteiger partial charge in [-0.25, -0.2) is 4.98 Å². The predicted molar refractivity (Wildman–Crippen MR) is 110 cm³/mol. The van der Waals surface area contributed by atoms with Crippen LogP contribution in [0, 0.1) is 6.92 Å². The van der Waals surface area contributed by atoms with Crippen molar-refractivity contribution < 1.29 is 4.74 Å². The van der Waals surface area contributed by atoms with Gasteiger partial charge < -0.3 is 10.1 Å². The van der Waals surface area contributed by atoms with E-state index < -0.39 is 0 Å². The molecule has 0 fully saturated rings. The summed E-state index contributed by atoms with van der Waals surface area (Å²) >= 11 is 6.08. The van der Waals surface area contributed by atoms with Gasteiger partial charge in [-0.05, 0) is 37.6 Å². The smallest absolute Gasteiger partial charge is 0.139 e. The van der Waals surface area contributed by atoms with Crippen molar-refractivity contribution in [1.29, 1.82) is 0 Å². The molecule has 1 aromatic heterocycles. The Labute approximate surface area is 159 Å². The molecular formula is C21H22ClN3O. The summed E-state index contributed by atoms with van der Waals surface area (Å²) in [6, 6.07) is -0.00794. The Hall–Kier alpha value is -2.72. The first-order valence-corrected chi connectivity index (χ1v) is 8.83. The highest BCUT2D eigenvalue weighted by molar-refractivity contribution is 6.31. The number of allylic oxidation sites excluding steroid dienone is 9. The van der Waals surface area contributed by atoms with Gasteiger partial charge in [-0.2, -0.15) is 0 Å². The Balaban J connectivity index is 2.01. The molecule has 0 saturated heterocycles. The van der Waals surface area contributed by atoms with E-state index in [0.29, 0.717) is 5.03 Å². The Morgan fingerprint density at radius 1 is 1.38 bits per heavy atom. The van der Waals surface area contributed by atoms with Crippen LogP contribution in [0.3, 0.4) is 0 Å². The van der Waals surface area contributed by atoms with Crippen LogP contribution in [0.4, 0.5) is 5.82 Å². The molecule has 0 amide bonds. The van der Waals surface area contributed by atoms with Crippen molar-refractivity contribution in [3.05, 3.63) is 83.6 Å². The first kappa shape index (κ1) is 18.1. The Morgan fingerprint density at radius 2 is 2.23 bits per heavy atom. The molecule has 1 atom stereocenters. The van der Waals surface area contributed by atoms with Crippen molar-refractivity contribution in [3.8, 4) is 0 Å². The third-order valence-electron chi connectivity index (χ3n) is 4.17. The van der Waals surface area contributed by atoms with Gasteiger partial charge in [0.2, 0.25) is 0 Å². The van der Waals surface area contributed by atoms with E-state index in [1.165, 1.54) is 0 Å². The van der Waals surface area contributed by atoms with E-state index in [1.807, 2.05) is 54.0 Å². The molecule has 0 spiro atoms. The molecule has 2 aliphatic carbocycles. The van der Waals surface area contributed by atoms with Crippen LogP contribution >= 0.6 is 11.6 Å². The van der Waals surface area contributed by atoms with E-state index >= 15 is 0 Å². The van der Waals surface area contributed by atoms with Crippen LogP contribution < -0.4 is 5.32 Å². The van der Waals surface area contributed by atoms with Gasteiger partial charge in [0.05, 0.1) is 13.2 Å². The molecule has 26 heavy (non-hydrogen) atoms. The summed E-state index contributed by atoms with van der Waals surface area (Å²) < 4.78 is 7.37. The molecule has 0 bridgehead atoms. The summed E-state index contributed by atoms with van der Waals surface area (Å²) in [4.78, 5) is 4.77. The van der Waals surface area contributed by atoms with Crippen LogP contribution in [0.25, 0.3) is 11.8 Å². The third kappa shape index (κ3) is 3.92. The molecule has 0 aromatic carbocycles. The minimum atomic E-state index is -0.00794. The molecule has 0 saturated carbocycles. The summed E-state index contributed by atoms with van der Waals surface area (Å²) in [5.74, 6) is 2.55. The first-order valence-electron chi connectivity index (χ1n) is 8.45. The standard InChI is InChI=1S/C21H22ClN3O/c1-4-25-15(2)23-20(16-8-5-6-11-19(14-16)26-3)21(25)24-18-10-7-9-17(22)12-13-18/h4,6-14,18,24H,1,5H2,2-3H3. The molecule has 4 nitrogen and oxygen atoms in total. The van der Waals surface area contributed by atoms with Gasteiger partial charge >= 0.3 is 0 Å². The highest BCUT2D eigenvalue weighted by Gasteiger charge is 2.18. The van der Waals surface area contributed by atoms with E-state index in [2.05, 4.69) is 24.0 Å². The van der Waals surface area contributed by atoms with Crippen LogP contribution in [0.5, 0.6) is 0 Å². The molecule has 0 aliphatic heterocycles. The third-order valence-corrected chi connectivity index (χ3v) is 4.42. The van der Waals surface area contributed by atoms with E-state index in [0.717, 1.165) is 35.1 Å². The zero-order valence-electron chi connectivity index (χ0n) is 14.9. The number of hydrogen-bond acceptors (Lipinski definition) is 3. The van der Waals surface area contributed by atoms with Crippen LogP contribution in [-0.2, 0) is 4.74 Å². The van der Waals surface area contributed by atoms with Crippen molar-refractivity contribution >= 4 is 29.2 Å². The fourth-order valence-electron chi connectivity index (χ4n) is 2.88. The van der Waals surface area contributed by atoms with E-state index in [-0.39, 0.29) is 6.04 Å². The SMILES string of the molecule is C=Cn1c(C)nc(C2=CCC=CC(OC)=C2)c1NC1C=CC=C(Cl)C=C1. The van der Waals surface area contributed by atoms with Crippen molar-refractivity contribution in [2.45, 2.75) is 19.4 Å². The zero-order valence-corrected chi connectivity index (χ0v) is 15.7. The second kappa shape index (κ2) is 8.11. The maximum Gasteiger partial charge on any atom is 0.139 e. The maximum atomic E-state index is 6.08. The highest BCUT2D eigenvalue weighted by Crippen LogP contribution is 2.30. The fourth-order valence-corrected chi connectivity index (χ4v) is 3.02. The molecule has 5 heteroatoms. The van der Waals surface area contributed by atoms with Crippen molar-refractivity contribution in [1.82, 2.24) is 9.55 Å². The number of aromatic nitrogens is 2. The number of imidazole rings is 1. The number of hydrogen-bond donors (Lipinski definition) is 1. The van der Waals surface area contributed by atoms with Gasteiger partial charge in [0.15, 0.2) is 0 Å². The van der Waals surface area contributed by atoms with E-state index in [1.54, 1.807) is 13.3 Å². The molecule has 2 aliphatic rings. The number of halogens is 1. The largest absolute Gasteiger partial charge is 0.497 e. The monoisotopic (exact) mass is 367 g/mol. The quantitative estimate of drug-likeness (QED) is 0.777. The molecular weight excluding hydrogens is 346 g/mol. The molecule has 1 heterocycles. The number of anilines is 1. The van der Waals surface area contributed by atoms with Crippen LogP contribution in [0.1, 0.15) is 17.9 Å². The normalized spacial score (nSPS) is 19.2. The van der Waals surface area contributed by atoms with Crippen molar-refractivity contribution in [2.24, 2.45) is 0 Å². The number of aryl methyl sites for hydroxylation is 1. The van der Waals surface area contributed by atoms with Crippen molar-refractivity contribution in [2.75, 3.05) is 12.4 Å². The number of nitrogens with zero attached hydrogens (tertiary/aromatic N) is 2. The number of rotatable bonds is 5. The highest BCUT2D eigenvalue weighted by atomic mass is 35.5.